The second-order valence-electron chi connectivity index (χ2n) is 4.09. The van der Waals surface area contributed by atoms with Crippen LogP contribution in [-0.2, 0) is 0 Å². The summed E-state index contributed by atoms with van der Waals surface area (Å²) in [6.07, 6.45) is 2.37. The molecule has 1 atom stereocenters. The molecule has 4 heteroatoms. The third kappa shape index (κ3) is 2.56. The molecule has 2 rings (SSSR count). The van der Waals surface area contributed by atoms with Gasteiger partial charge < -0.3 is 0 Å². The molecule has 16 heavy (non-hydrogen) atoms. The van der Waals surface area contributed by atoms with Gasteiger partial charge in [0.2, 0.25) is 0 Å². The topological polar surface area (TPSA) is 35.8 Å². The number of hydrogen-bond donors (Lipinski definition) is 1. The van der Waals surface area contributed by atoms with Crippen LogP contribution in [0.4, 0.5) is 8.78 Å². The Balaban J connectivity index is 2.06. The highest BCUT2D eigenvalue weighted by atomic mass is 19.2. The fraction of sp³-hybridized carbons (Fsp3) is 0.417. The summed E-state index contributed by atoms with van der Waals surface area (Å²) in [7, 11) is 0. The van der Waals surface area contributed by atoms with Crippen molar-refractivity contribution < 1.29 is 8.78 Å². The van der Waals surface area contributed by atoms with Crippen LogP contribution in [0.3, 0.4) is 0 Å². The summed E-state index contributed by atoms with van der Waals surface area (Å²) in [5, 5.41) is 12.0. The Morgan fingerprint density at radius 3 is 2.69 bits per heavy atom. The third-order valence-corrected chi connectivity index (χ3v) is 2.71. The molecule has 0 saturated heterocycles. The standard InChI is InChI=1S/C12H12F2N2/c13-10-4-3-9(5-11(10)14)12(6-15)16-7-8-1-2-8/h3-5,8,12,16H,1-2,7H2. The second kappa shape index (κ2) is 4.58. The Morgan fingerprint density at radius 2 is 2.12 bits per heavy atom. The summed E-state index contributed by atoms with van der Waals surface area (Å²) in [6.45, 7) is 0.761. The molecule has 84 valence electrons. The smallest absolute Gasteiger partial charge is 0.159 e. The molecular formula is C12H12F2N2. The van der Waals surface area contributed by atoms with Gasteiger partial charge in [-0.1, -0.05) is 6.07 Å². The molecular weight excluding hydrogens is 210 g/mol. The monoisotopic (exact) mass is 222 g/mol. The Kier molecular flexibility index (Phi) is 3.16. The summed E-state index contributed by atoms with van der Waals surface area (Å²) in [6, 6.07) is 5.05. The lowest BCUT2D eigenvalue weighted by atomic mass is 10.1. The third-order valence-electron chi connectivity index (χ3n) is 2.71. The molecule has 0 heterocycles. The van der Waals surface area contributed by atoms with Crippen LogP contribution in [0.5, 0.6) is 0 Å². The van der Waals surface area contributed by atoms with E-state index >= 15 is 0 Å². The van der Waals surface area contributed by atoms with Crippen LogP contribution in [0.25, 0.3) is 0 Å². The predicted octanol–water partition coefficient (Wildman–Crippen LogP) is 2.53. The van der Waals surface area contributed by atoms with Crippen molar-refractivity contribution in [1.29, 1.82) is 5.26 Å². The predicted molar refractivity (Wildman–Crippen MR) is 55.4 cm³/mol. The van der Waals surface area contributed by atoms with E-state index in [1.807, 2.05) is 6.07 Å². The second-order valence-corrected chi connectivity index (χ2v) is 4.09. The maximum absolute atomic E-state index is 13.0. The molecule has 1 aliphatic carbocycles. The minimum absolute atomic E-state index is 0.474. The van der Waals surface area contributed by atoms with Gasteiger partial charge in [-0.25, -0.2) is 8.78 Å². The van der Waals surface area contributed by atoms with Crippen molar-refractivity contribution >= 4 is 0 Å². The molecule has 1 saturated carbocycles. The van der Waals surface area contributed by atoms with Gasteiger partial charge in [0.25, 0.3) is 0 Å². The van der Waals surface area contributed by atoms with Crippen LogP contribution in [0.2, 0.25) is 0 Å². The lowest BCUT2D eigenvalue weighted by Crippen LogP contribution is -2.22. The summed E-state index contributed by atoms with van der Waals surface area (Å²) in [5.74, 6) is -1.16. The molecule has 1 fully saturated rings. The van der Waals surface area contributed by atoms with E-state index in [0.717, 1.165) is 18.7 Å². The molecule has 0 amide bonds. The van der Waals surface area contributed by atoms with E-state index < -0.39 is 17.7 Å². The Hall–Kier alpha value is -1.47. The molecule has 0 aliphatic heterocycles. The Labute approximate surface area is 92.9 Å². The van der Waals surface area contributed by atoms with Crippen molar-refractivity contribution in [2.75, 3.05) is 6.54 Å². The van der Waals surface area contributed by atoms with E-state index in [1.54, 1.807) is 0 Å². The largest absolute Gasteiger partial charge is 0.298 e. The van der Waals surface area contributed by atoms with Gasteiger partial charge in [-0.3, -0.25) is 5.32 Å². The van der Waals surface area contributed by atoms with Crippen molar-refractivity contribution in [2.45, 2.75) is 18.9 Å². The zero-order valence-electron chi connectivity index (χ0n) is 8.71. The fourth-order valence-electron chi connectivity index (χ4n) is 1.54. The highest BCUT2D eigenvalue weighted by molar-refractivity contribution is 5.25. The van der Waals surface area contributed by atoms with Gasteiger partial charge in [0, 0.05) is 0 Å². The number of halogens is 2. The van der Waals surface area contributed by atoms with Gasteiger partial charge in [-0.2, -0.15) is 5.26 Å². The van der Waals surface area contributed by atoms with Gasteiger partial charge in [0.15, 0.2) is 11.6 Å². The maximum atomic E-state index is 13.0. The molecule has 0 radical (unpaired) electrons. The van der Waals surface area contributed by atoms with E-state index in [1.165, 1.54) is 18.9 Å². The first kappa shape index (κ1) is 11.0. The Bertz CT molecular complexity index is 422. The van der Waals surface area contributed by atoms with Gasteiger partial charge in [0.1, 0.15) is 6.04 Å². The molecule has 0 bridgehead atoms. The zero-order chi connectivity index (χ0) is 11.5. The summed E-state index contributed by atoms with van der Waals surface area (Å²) in [5.41, 5.74) is 0.474. The summed E-state index contributed by atoms with van der Waals surface area (Å²) in [4.78, 5) is 0. The highest BCUT2D eigenvalue weighted by Gasteiger charge is 2.22. The van der Waals surface area contributed by atoms with Crippen LogP contribution in [0.1, 0.15) is 24.4 Å². The molecule has 0 aromatic heterocycles. The molecule has 0 spiro atoms. The molecule has 1 aromatic rings. The van der Waals surface area contributed by atoms with Crippen LogP contribution in [-0.4, -0.2) is 6.54 Å². The average molecular weight is 222 g/mol. The normalized spacial score (nSPS) is 16.8. The van der Waals surface area contributed by atoms with E-state index in [2.05, 4.69) is 5.32 Å². The molecule has 1 aliphatic rings. The van der Waals surface area contributed by atoms with Crippen molar-refractivity contribution in [2.24, 2.45) is 5.92 Å². The van der Waals surface area contributed by atoms with Crippen LogP contribution < -0.4 is 5.32 Å². The number of rotatable bonds is 4. The summed E-state index contributed by atoms with van der Waals surface area (Å²) < 4.78 is 25.7. The molecule has 2 nitrogen and oxygen atoms in total. The first-order chi connectivity index (χ1) is 7.70. The average Bonchev–Trinajstić information content (AvgIpc) is 3.08. The van der Waals surface area contributed by atoms with E-state index in [-0.39, 0.29) is 0 Å². The number of nitrogens with one attached hydrogen (secondary N) is 1. The lowest BCUT2D eigenvalue weighted by molar-refractivity contribution is 0.503. The highest BCUT2D eigenvalue weighted by Crippen LogP contribution is 2.28. The van der Waals surface area contributed by atoms with Crippen molar-refractivity contribution in [3.05, 3.63) is 35.4 Å². The van der Waals surface area contributed by atoms with Gasteiger partial charge in [-0.05, 0) is 43.0 Å². The SMILES string of the molecule is N#CC(NCC1CC1)c1ccc(F)c(F)c1. The minimum Gasteiger partial charge on any atom is -0.298 e. The van der Waals surface area contributed by atoms with Crippen LogP contribution in [0.15, 0.2) is 18.2 Å². The fourth-order valence-corrected chi connectivity index (χ4v) is 1.54. The minimum atomic E-state index is -0.911. The van der Waals surface area contributed by atoms with Crippen molar-refractivity contribution in [1.82, 2.24) is 5.32 Å². The maximum Gasteiger partial charge on any atom is 0.159 e. The zero-order valence-corrected chi connectivity index (χ0v) is 8.71. The molecule has 1 unspecified atom stereocenters. The Morgan fingerprint density at radius 1 is 1.38 bits per heavy atom. The van der Waals surface area contributed by atoms with Gasteiger partial charge in [-0.15, -0.1) is 0 Å². The van der Waals surface area contributed by atoms with E-state index in [9.17, 15) is 8.78 Å². The van der Waals surface area contributed by atoms with Crippen molar-refractivity contribution in [3.63, 3.8) is 0 Å². The molecule has 1 aromatic carbocycles. The number of nitriles is 1. The molecule has 1 N–H and O–H groups in total. The van der Waals surface area contributed by atoms with Crippen LogP contribution >= 0.6 is 0 Å². The van der Waals surface area contributed by atoms with Crippen molar-refractivity contribution in [3.8, 4) is 6.07 Å². The summed E-state index contributed by atoms with van der Waals surface area (Å²) >= 11 is 0. The number of benzene rings is 1. The van der Waals surface area contributed by atoms with Gasteiger partial charge >= 0.3 is 0 Å². The number of hydrogen-bond acceptors (Lipinski definition) is 2. The van der Waals surface area contributed by atoms with E-state index in [4.69, 9.17) is 5.26 Å². The van der Waals surface area contributed by atoms with Gasteiger partial charge in [0.05, 0.1) is 6.07 Å². The first-order valence-electron chi connectivity index (χ1n) is 5.28. The van der Waals surface area contributed by atoms with E-state index in [0.29, 0.717) is 11.5 Å². The first-order valence-corrected chi connectivity index (χ1v) is 5.28. The lowest BCUT2D eigenvalue weighted by Gasteiger charge is -2.11. The number of nitrogens with zero attached hydrogens (tertiary/aromatic N) is 1. The van der Waals surface area contributed by atoms with Crippen LogP contribution in [0, 0.1) is 28.9 Å². The quantitative estimate of drug-likeness (QED) is 0.849.